The van der Waals surface area contributed by atoms with E-state index in [0.29, 0.717) is 5.69 Å². The third kappa shape index (κ3) is 1.13. The molecule has 5 nitrogen and oxygen atoms in total. The monoisotopic (exact) mass is 170 g/mol. The zero-order valence-corrected chi connectivity index (χ0v) is 7.17. The van der Waals surface area contributed by atoms with Gasteiger partial charge in [-0.3, -0.25) is 14.3 Å². The number of nitrogens with zero attached hydrogens (tertiary/aromatic N) is 1. The van der Waals surface area contributed by atoms with Crippen LogP contribution in [0, 0.1) is 6.92 Å². The molecule has 66 valence electrons. The summed E-state index contributed by atoms with van der Waals surface area (Å²) in [6.45, 7) is 1.65. The number of hydrogen-bond acceptors (Lipinski definition) is 3. The number of aromatic amines is 1. The van der Waals surface area contributed by atoms with Crippen LogP contribution < -0.4 is 16.0 Å². The van der Waals surface area contributed by atoms with E-state index >= 15 is 0 Å². The van der Waals surface area contributed by atoms with Crippen molar-refractivity contribution in [2.45, 2.75) is 6.92 Å². The van der Waals surface area contributed by atoms with E-state index in [1.165, 1.54) is 11.7 Å². The van der Waals surface area contributed by atoms with Crippen molar-refractivity contribution in [2.24, 2.45) is 7.05 Å². The molecule has 0 aromatic carbocycles. The second-order valence-electron chi connectivity index (χ2n) is 2.44. The van der Waals surface area contributed by atoms with Crippen molar-refractivity contribution < 1.29 is 4.74 Å². The maximum absolute atomic E-state index is 11.1. The van der Waals surface area contributed by atoms with E-state index in [-0.39, 0.29) is 5.75 Å². The average Bonchev–Trinajstić information content (AvgIpc) is 2.01. The van der Waals surface area contributed by atoms with Crippen molar-refractivity contribution in [2.75, 3.05) is 7.11 Å². The Bertz CT molecular complexity index is 402. The smallest absolute Gasteiger partial charge is 0.328 e. The third-order valence-corrected chi connectivity index (χ3v) is 1.77. The summed E-state index contributed by atoms with van der Waals surface area (Å²) in [5.41, 5.74) is -0.400. The maximum Gasteiger partial charge on any atom is 0.328 e. The Balaban J connectivity index is 3.63. The largest absolute Gasteiger partial charge is 0.490 e. The molecule has 12 heavy (non-hydrogen) atoms. The van der Waals surface area contributed by atoms with E-state index < -0.39 is 11.2 Å². The van der Waals surface area contributed by atoms with Crippen LogP contribution in [0.25, 0.3) is 0 Å². The van der Waals surface area contributed by atoms with Gasteiger partial charge in [0.25, 0.3) is 5.56 Å². The van der Waals surface area contributed by atoms with Gasteiger partial charge in [0.15, 0.2) is 0 Å². The molecule has 1 aromatic rings. The van der Waals surface area contributed by atoms with E-state index in [2.05, 4.69) is 4.98 Å². The maximum atomic E-state index is 11.1. The highest BCUT2D eigenvalue weighted by Gasteiger charge is 2.07. The van der Waals surface area contributed by atoms with E-state index in [1.54, 1.807) is 14.0 Å². The zero-order chi connectivity index (χ0) is 9.30. The van der Waals surface area contributed by atoms with Crippen LogP contribution in [0.15, 0.2) is 9.59 Å². The van der Waals surface area contributed by atoms with Crippen LogP contribution in [0.5, 0.6) is 5.75 Å². The molecule has 0 saturated heterocycles. The lowest BCUT2D eigenvalue weighted by atomic mass is 10.4. The summed E-state index contributed by atoms with van der Waals surface area (Å²) in [6, 6.07) is 0. The van der Waals surface area contributed by atoms with E-state index in [1.807, 2.05) is 0 Å². The van der Waals surface area contributed by atoms with Crippen LogP contribution in [0.2, 0.25) is 0 Å². The fraction of sp³-hybridized carbons (Fsp3) is 0.429. The number of aromatic nitrogens is 2. The normalized spacial score (nSPS) is 9.92. The second-order valence-corrected chi connectivity index (χ2v) is 2.44. The molecular weight excluding hydrogens is 160 g/mol. The van der Waals surface area contributed by atoms with Gasteiger partial charge in [0, 0.05) is 7.05 Å². The fourth-order valence-electron chi connectivity index (χ4n) is 0.947. The Morgan fingerprint density at radius 2 is 2.00 bits per heavy atom. The molecule has 0 aliphatic rings. The molecule has 0 aliphatic carbocycles. The topological polar surface area (TPSA) is 64.1 Å². The summed E-state index contributed by atoms with van der Waals surface area (Å²) in [5, 5.41) is 0. The van der Waals surface area contributed by atoms with Gasteiger partial charge in [-0.05, 0) is 6.92 Å². The first-order valence-electron chi connectivity index (χ1n) is 3.42. The van der Waals surface area contributed by atoms with Crippen molar-refractivity contribution in [3.05, 3.63) is 26.5 Å². The Kier molecular flexibility index (Phi) is 2.03. The van der Waals surface area contributed by atoms with Gasteiger partial charge in [-0.25, -0.2) is 4.79 Å². The van der Waals surface area contributed by atoms with E-state index in [0.717, 1.165) is 0 Å². The summed E-state index contributed by atoms with van der Waals surface area (Å²) in [7, 11) is 2.96. The van der Waals surface area contributed by atoms with E-state index in [4.69, 9.17) is 4.74 Å². The number of ether oxygens (including phenoxy) is 1. The minimum Gasteiger partial charge on any atom is -0.490 e. The Labute approximate surface area is 68.6 Å². The van der Waals surface area contributed by atoms with Crippen LogP contribution >= 0.6 is 0 Å². The summed E-state index contributed by atoms with van der Waals surface area (Å²) >= 11 is 0. The number of H-pyrrole nitrogens is 1. The number of methoxy groups -OCH3 is 1. The fourth-order valence-corrected chi connectivity index (χ4v) is 0.947. The van der Waals surface area contributed by atoms with Crippen LogP contribution in [0.3, 0.4) is 0 Å². The lowest BCUT2D eigenvalue weighted by Gasteiger charge is -2.06. The van der Waals surface area contributed by atoms with Crippen LogP contribution in [-0.2, 0) is 7.05 Å². The average molecular weight is 170 g/mol. The Hall–Kier alpha value is -1.52. The molecule has 0 fully saturated rings. The molecule has 0 aliphatic heterocycles. The Morgan fingerprint density at radius 3 is 2.50 bits per heavy atom. The van der Waals surface area contributed by atoms with Gasteiger partial charge < -0.3 is 4.74 Å². The molecule has 0 radical (unpaired) electrons. The highest BCUT2D eigenvalue weighted by molar-refractivity contribution is 5.22. The third-order valence-electron chi connectivity index (χ3n) is 1.77. The van der Waals surface area contributed by atoms with Crippen LogP contribution in [0.4, 0.5) is 0 Å². The molecule has 0 bridgehead atoms. The first-order chi connectivity index (χ1) is 5.57. The molecule has 5 heteroatoms. The van der Waals surface area contributed by atoms with Crippen molar-refractivity contribution >= 4 is 0 Å². The summed E-state index contributed by atoms with van der Waals surface area (Å²) < 4.78 is 6.13. The molecule has 0 unspecified atom stereocenters. The molecule has 1 heterocycles. The molecular formula is C7H10N2O3. The van der Waals surface area contributed by atoms with Gasteiger partial charge in [-0.2, -0.15) is 0 Å². The Morgan fingerprint density at radius 1 is 1.42 bits per heavy atom. The van der Waals surface area contributed by atoms with Gasteiger partial charge in [0.1, 0.15) is 0 Å². The predicted molar refractivity (Wildman–Crippen MR) is 43.6 cm³/mol. The minimum atomic E-state index is -0.488. The standard InChI is InChI=1S/C7H10N2O3/c1-4-5(12-3)6(10)8-7(11)9(4)2/h1-3H3,(H,8,10,11). The second kappa shape index (κ2) is 2.84. The van der Waals surface area contributed by atoms with Gasteiger partial charge in [0.05, 0.1) is 12.8 Å². The van der Waals surface area contributed by atoms with Gasteiger partial charge in [-0.15, -0.1) is 0 Å². The predicted octanol–water partition coefficient (Wildman–Crippen LogP) is -0.609. The number of rotatable bonds is 1. The lowest BCUT2D eigenvalue weighted by molar-refractivity contribution is 0.396. The van der Waals surface area contributed by atoms with Gasteiger partial charge >= 0.3 is 5.69 Å². The molecule has 1 rings (SSSR count). The van der Waals surface area contributed by atoms with Crippen molar-refractivity contribution in [3.8, 4) is 5.75 Å². The minimum absolute atomic E-state index is 0.178. The molecule has 1 N–H and O–H groups in total. The molecule has 0 amide bonds. The van der Waals surface area contributed by atoms with E-state index in [9.17, 15) is 9.59 Å². The van der Waals surface area contributed by atoms with Crippen molar-refractivity contribution in [1.29, 1.82) is 0 Å². The SMILES string of the molecule is COc1c(C)n(C)c(=O)[nH]c1=O. The van der Waals surface area contributed by atoms with Gasteiger partial charge in [-0.1, -0.05) is 0 Å². The summed E-state index contributed by atoms with van der Waals surface area (Å²) in [4.78, 5) is 24.2. The molecule has 0 spiro atoms. The lowest BCUT2D eigenvalue weighted by Crippen LogP contribution is -2.30. The number of nitrogens with one attached hydrogen (secondary N) is 1. The van der Waals surface area contributed by atoms with Gasteiger partial charge in [0.2, 0.25) is 5.75 Å². The zero-order valence-electron chi connectivity index (χ0n) is 7.17. The highest BCUT2D eigenvalue weighted by Crippen LogP contribution is 2.05. The number of hydrogen-bond donors (Lipinski definition) is 1. The quantitative estimate of drug-likeness (QED) is 0.611. The first-order valence-corrected chi connectivity index (χ1v) is 3.42. The van der Waals surface area contributed by atoms with Crippen LogP contribution in [0.1, 0.15) is 5.69 Å². The molecule has 1 aromatic heterocycles. The summed E-state index contributed by atoms with van der Waals surface area (Å²) in [6.07, 6.45) is 0. The van der Waals surface area contributed by atoms with Crippen molar-refractivity contribution in [3.63, 3.8) is 0 Å². The summed E-state index contributed by atoms with van der Waals surface area (Å²) in [5.74, 6) is 0.178. The highest BCUT2D eigenvalue weighted by atomic mass is 16.5. The molecule has 0 saturated carbocycles. The first kappa shape index (κ1) is 8.58. The van der Waals surface area contributed by atoms with Crippen LogP contribution in [-0.4, -0.2) is 16.7 Å². The van der Waals surface area contributed by atoms with Crippen molar-refractivity contribution in [1.82, 2.24) is 9.55 Å². The molecule has 0 atom stereocenters.